The SMILES string of the molecule is NCC1CCC(C(=O)c2cc(Cl)cnc2N)O1. The molecule has 1 fully saturated rings. The molecule has 0 saturated carbocycles. The summed E-state index contributed by atoms with van der Waals surface area (Å²) in [5, 5.41) is 0.385. The molecule has 4 N–H and O–H groups in total. The number of hydrogen-bond donors (Lipinski definition) is 2. The number of carbonyl (C=O) groups is 1. The van der Waals surface area contributed by atoms with Crippen molar-refractivity contribution in [3.63, 3.8) is 0 Å². The van der Waals surface area contributed by atoms with Crippen LogP contribution in [0.15, 0.2) is 12.3 Å². The molecule has 0 aromatic carbocycles. The van der Waals surface area contributed by atoms with Crippen molar-refractivity contribution >= 4 is 23.2 Å². The normalized spacial score (nSPS) is 23.9. The quantitative estimate of drug-likeness (QED) is 0.787. The molecular weight excluding hydrogens is 242 g/mol. The molecule has 1 aromatic rings. The molecular formula is C11H14ClN3O2. The Balaban J connectivity index is 2.17. The third-order valence-electron chi connectivity index (χ3n) is 2.81. The monoisotopic (exact) mass is 255 g/mol. The molecule has 1 saturated heterocycles. The van der Waals surface area contributed by atoms with E-state index in [1.54, 1.807) is 0 Å². The summed E-state index contributed by atoms with van der Waals surface area (Å²) in [6, 6.07) is 1.52. The van der Waals surface area contributed by atoms with Crippen molar-refractivity contribution in [1.82, 2.24) is 4.98 Å². The van der Waals surface area contributed by atoms with Crippen molar-refractivity contribution in [3.8, 4) is 0 Å². The number of Topliss-reactive ketones (excluding diaryl/α,β-unsaturated/α-hetero) is 1. The highest BCUT2D eigenvalue weighted by molar-refractivity contribution is 6.31. The number of pyridine rings is 1. The van der Waals surface area contributed by atoms with E-state index in [1.165, 1.54) is 12.3 Å². The van der Waals surface area contributed by atoms with Crippen LogP contribution in [-0.2, 0) is 4.74 Å². The first-order valence-electron chi connectivity index (χ1n) is 5.42. The Morgan fingerprint density at radius 3 is 3.00 bits per heavy atom. The molecule has 92 valence electrons. The van der Waals surface area contributed by atoms with Crippen LogP contribution in [0.25, 0.3) is 0 Å². The van der Waals surface area contributed by atoms with Crippen LogP contribution in [0.2, 0.25) is 5.02 Å². The van der Waals surface area contributed by atoms with Gasteiger partial charge in [0.25, 0.3) is 0 Å². The summed E-state index contributed by atoms with van der Waals surface area (Å²) < 4.78 is 5.52. The van der Waals surface area contributed by atoms with Crippen molar-refractivity contribution in [2.45, 2.75) is 25.0 Å². The average molecular weight is 256 g/mol. The fourth-order valence-electron chi connectivity index (χ4n) is 1.89. The summed E-state index contributed by atoms with van der Waals surface area (Å²) in [4.78, 5) is 16.0. The Kier molecular flexibility index (Phi) is 3.61. The molecule has 1 aliphatic heterocycles. The maximum absolute atomic E-state index is 12.1. The van der Waals surface area contributed by atoms with E-state index < -0.39 is 6.10 Å². The minimum Gasteiger partial charge on any atom is -0.383 e. The molecule has 0 amide bonds. The third-order valence-corrected chi connectivity index (χ3v) is 3.02. The van der Waals surface area contributed by atoms with Crippen LogP contribution < -0.4 is 11.5 Å². The first-order chi connectivity index (χ1) is 8.11. The van der Waals surface area contributed by atoms with Crippen molar-refractivity contribution in [3.05, 3.63) is 22.8 Å². The van der Waals surface area contributed by atoms with Crippen LogP contribution in [0.1, 0.15) is 23.2 Å². The van der Waals surface area contributed by atoms with Gasteiger partial charge in [-0.15, -0.1) is 0 Å². The summed E-state index contributed by atoms with van der Waals surface area (Å²) in [6.07, 6.45) is 2.34. The van der Waals surface area contributed by atoms with Gasteiger partial charge in [0.1, 0.15) is 11.9 Å². The lowest BCUT2D eigenvalue weighted by Crippen LogP contribution is -2.26. The Hall–Kier alpha value is -1.17. The highest BCUT2D eigenvalue weighted by Crippen LogP contribution is 2.25. The molecule has 1 aliphatic rings. The smallest absolute Gasteiger partial charge is 0.195 e. The molecule has 6 heteroatoms. The number of anilines is 1. The van der Waals surface area contributed by atoms with Crippen molar-refractivity contribution < 1.29 is 9.53 Å². The largest absolute Gasteiger partial charge is 0.383 e. The van der Waals surface area contributed by atoms with E-state index in [4.69, 9.17) is 27.8 Å². The molecule has 17 heavy (non-hydrogen) atoms. The van der Waals surface area contributed by atoms with E-state index in [1.807, 2.05) is 0 Å². The summed E-state index contributed by atoms with van der Waals surface area (Å²) in [7, 11) is 0. The third kappa shape index (κ3) is 2.57. The number of nitrogens with two attached hydrogens (primary N) is 2. The van der Waals surface area contributed by atoms with E-state index in [-0.39, 0.29) is 17.7 Å². The highest BCUT2D eigenvalue weighted by atomic mass is 35.5. The number of carbonyl (C=O) groups excluding carboxylic acids is 1. The lowest BCUT2D eigenvalue weighted by molar-refractivity contribution is 0.0404. The van der Waals surface area contributed by atoms with Crippen molar-refractivity contribution in [2.75, 3.05) is 12.3 Å². The second-order valence-corrected chi connectivity index (χ2v) is 4.45. The predicted octanol–water partition coefficient (Wildman–Crippen LogP) is 1.01. The van der Waals surface area contributed by atoms with Crippen LogP contribution in [0, 0.1) is 0 Å². The first-order valence-corrected chi connectivity index (χ1v) is 5.80. The molecule has 0 bridgehead atoms. The van der Waals surface area contributed by atoms with Crippen molar-refractivity contribution in [1.29, 1.82) is 0 Å². The number of halogens is 1. The van der Waals surface area contributed by atoms with Gasteiger partial charge in [-0.3, -0.25) is 4.79 Å². The maximum Gasteiger partial charge on any atom is 0.195 e. The van der Waals surface area contributed by atoms with Crippen LogP contribution in [0.5, 0.6) is 0 Å². The lowest BCUT2D eigenvalue weighted by atomic mass is 10.0. The molecule has 2 rings (SSSR count). The van der Waals surface area contributed by atoms with Gasteiger partial charge in [0.05, 0.1) is 16.7 Å². The number of nitrogen functional groups attached to an aromatic ring is 1. The molecule has 0 radical (unpaired) electrons. The van der Waals surface area contributed by atoms with Gasteiger partial charge in [-0.25, -0.2) is 4.98 Å². The van der Waals surface area contributed by atoms with Crippen molar-refractivity contribution in [2.24, 2.45) is 5.73 Å². The maximum atomic E-state index is 12.1. The van der Waals surface area contributed by atoms with E-state index >= 15 is 0 Å². The average Bonchev–Trinajstić information content (AvgIpc) is 2.80. The molecule has 1 aromatic heterocycles. The van der Waals surface area contributed by atoms with E-state index in [9.17, 15) is 4.79 Å². The molecule has 2 atom stereocenters. The van der Waals surface area contributed by atoms with Crippen LogP contribution in [0.3, 0.4) is 0 Å². The van der Waals surface area contributed by atoms with Gasteiger partial charge in [-0.05, 0) is 18.9 Å². The standard InChI is InChI=1S/C11H14ClN3O2/c12-6-3-8(11(14)15-5-6)10(16)9-2-1-7(4-13)17-9/h3,5,7,9H,1-2,4,13H2,(H2,14,15). The second-order valence-electron chi connectivity index (χ2n) is 4.01. The number of rotatable bonds is 3. The Morgan fingerprint density at radius 1 is 1.59 bits per heavy atom. The number of hydrogen-bond acceptors (Lipinski definition) is 5. The van der Waals surface area contributed by atoms with E-state index in [0.29, 0.717) is 23.6 Å². The topological polar surface area (TPSA) is 91.2 Å². The number of ether oxygens (including phenoxy) is 1. The van der Waals surface area contributed by atoms with Gasteiger partial charge >= 0.3 is 0 Å². The van der Waals surface area contributed by atoms with Gasteiger partial charge in [-0.2, -0.15) is 0 Å². The Bertz CT molecular complexity index is 439. The molecule has 0 aliphatic carbocycles. The molecule has 2 unspecified atom stereocenters. The zero-order valence-electron chi connectivity index (χ0n) is 9.23. The molecule has 2 heterocycles. The first kappa shape index (κ1) is 12.3. The fraction of sp³-hybridized carbons (Fsp3) is 0.455. The minimum atomic E-state index is -0.480. The van der Waals surface area contributed by atoms with Gasteiger partial charge in [0.2, 0.25) is 0 Å². The Morgan fingerprint density at radius 2 is 2.35 bits per heavy atom. The van der Waals surface area contributed by atoms with Crippen LogP contribution >= 0.6 is 11.6 Å². The van der Waals surface area contributed by atoms with Crippen LogP contribution in [-0.4, -0.2) is 29.5 Å². The van der Waals surface area contributed by atoms with Gasteiger partial charge in [-0.1, -0.05) is 11.6 Å². The van der Waals surface area contributed by atoms with Crippen LogP contribution in [0.4, 0.5) is 5.82 Å². The number of nitrogens with zero attached hydrogens (tertiary/aromatic N) is 1. The van der Waals surface area contributed by atoms with Gasteiger partial charge in [0, 0.05) is 12.7 Å². The summed E-state index contributed by atoms with van der Waals surface area (Å²) in [5.41, 5.74) is 11.5. The van der Waals surface area contributed by atoms with Gasteiger partial charge < -0.3 is 16.2 Å². The number of aromatic nitrogens is 1. The van der Waals surface area contributed by atoms with Gasteiger partial charge in [0.15, 0.2) is 5.78 Å². The minimum absolute atomic E-state index is 0.0442. The molecule has 0 spiro atoms. The summed E-state index contributed by atoms with van der Waals surface area (Å²) >= 11 is 5.79. The Labute approximate surface area is 104 Å². The zero-order chi connectivity index (χ0) is 12.4. The fourth-order valence-corrected chi connectivity index (χ4v) is 2.05. The number of ketones is 1. The molecule has 5 nitrogen and oxygen atoms in total. The summed E-state index contributed by atoms with van der Waals surface area (Å²) in [6.45, 7) is 0.424. The van der Waals surface area contributed by atoms with E-state index in [0.717, 1.165) is 6.42 Å². The summed E-state index contributed by atoms with van der Waals surface area (Å²) in [5.74, 6) is 0.00708. The predicted molar refractivity (Wildman–Crippen MR) is 64.9 cm³/mol. The second kappa shape index (κ2) is 5.00. The lowest BCUT2D eigenvalue weighted by Gasteiger charge is -2.12. The van der Waals surface area contributed by atoms with E-state index in [2.05, 4.69) is 4.98 Å². The highest BCUT2D eigenvalue weighted by Gasteiger charge is 2.31. The zero-order valence-corrected chi connectivity index (χ0v) is 9.98.